The molecule has 7 atom stereocenters. The number of hydrogen-bond donors (Lipinski definition) is 3. The maximum Gasteiger partial charge on any atom is 0.248 e. The number of nitrogens with zero attached hydrogens (tertiary/aromatic N) is 10. The third-order valence-electron chi connectivity index (χ3n) is 11.5. The minimum Gasteiger partial charge on any atom is -0.363 e. The van der Waals surface area contributed by atoms with E-state index in [2.05, 4.69) is 70.7 Å². The first-order chi connectivity index (χ1) is 32.4. The van der Waals surface area contributed by atoms with Crippen LogP contribution in [0, 0.1) is 29.6 Å². The largest absolute Gasteiger partial charge is 0.363 e. The van der Waals surface area contributed by atoms with Crippen LogP contribution in [0.3, 0.4) is 0 Å². The fourth-order valence-corrected chi connectivity index (χ4v) is 9.13. The zero-order chi connectivity index (χ0) is 47.7. The molecular weight excluding hydrogens is 895 g/mol. The highest BCUT2D eigenvalue weighted by atomic mass is 32.2. The van der Waals surface area contributed by atoms with Crippen molar-refractivity contribution in [2.75, 3.05) is 33.4 Å². The molecule has 2 aromatic heterocycles. The Morgan fingerprint density at radius 2 is 1.10 bits per heavy atom. The van der Waals surface area contributed by atoms with Gasteiger partial charge in [-0.25, -0.2) is 9.36 Å². The average molecular weight is 954 g/mol. The molecule has 2 aromatic carbocycles. The Kier molecular flexibility index (Phi) is 19.1. The van der Waals surface area contributed by atoms with Crippen LogP contribution in [0.5, 0.6) is 0 Å². The molecule has 3 N–H and O–H groups in total. The summed E-state index contributed by atoms with van der Waals surface area (Å²) < 4.78 is 15.4. The van der Waals surface area contributed by atoms with Crippen LogP contribution < -0.4 is 16.0 Å². The van der Waals surface area contributed by atoms with Gasteiger partial charge in [-0.3, -0.25) is 19.2 Å². The van der Waals surface area contributed by atoms with Crippen molar-refractivity contribution in [3.8, 4) is 23.7 Å². The quantitative estimate of drug-likeness (QED) is 0.102. The van der Waals surface area contributed by atoms with E-state index in [1.165, 1.54) is 23.5 Å². The van der Waals surface area contributed by atoms with E-state index in [9.17, 15) is 19.2 Å². The zero-order valence-corrected chi connectivity index (χ0v) is 40.3. The van der Waals surface area contributed by atoms with Crippen LogP contribution >= 0.6 is 23.5 Å². The number of aromatic nitrogens is 8. The first kappa shape index (κ1) is 50.6. The second kappa shape index (κ2) is 25.3. The van der Waals surface area contributed by atoms with Crippen LogP contribution in [0.15, 0.2) is 80.8 Å². The van der Waals surface area contributed by atoms with Crippen LogP contribution in [-0.4, -0.2) is 150 Å². The molecule has 67 heavy (non-hydrogen) atoms. The number of benzene rings is 2. The van der Waals surface area contributed by atoms with Gasteiger partial charge >= 0.3 is 0 Å². The molecule has 4 aromatic rings. The molecule has 2 fully saturated rings. The second-order valence-corrected chi connectivity index (χ2v) is 18.6. The normalized spacial score (nSPS) is 18.0. The molecule has 0 aliphatic carbocycles. The molecule has 6 rings (SSSR count). The van der Waals surface area contributed by atoms with E-state index >= 15 is 0 Å². The zero-order valence-electron chi connectivity index (χ0n) is 38.7. The third-order valence-corrected chi connectivity index (χ3v) is 13.4. The summed E-state index contributed by atoms with van der Waals surface area (Å²) in [4.78, 5) is 60.0. The Morgan fingerprint density at radius 3 is 1.52 bits per heavy atom. The molecule has 2 aliphatic rings. The Morgan fingerprint density at radius 1 is 0.672 bits per heavy atom. The number of ether oxygens (including phenoxy) is 2. The minimum absolute atomic E-state index is 0.0527. The average Bonchev–Trinajstić information content (AvgIpc) is 4.18. The lowest BCUT2D eigenvalue weighted by Crippen LogP contribution is -2.58. The summed E-state index contributed by atoms with van der Waals surface area (Å²) in [7, 11) is 1.67. The van der Waals surface area contributed by atoms with E-state index in [0.717, 1.165) is 35.5 Å². The molecule has 0 bridgehead atoms. The Bertz CT molecular complexity index is 2380. The number of carbonyl (C=O) groups is 4. The summed E-state index contributed by atoms with van der Waals surface area (Å²) in [5.74, 6) is 9.75. The van der Waals surface area contributed by atoms with Crippen molar-refractivity contribution in [3.63, 3.8) is 0 Å². The number of hydrogen-bond acceptors (Lipinski definition) is 15. The van der Waals surface area contributed by atoms with Crippen LogP contribution in [0.4, 0.5) is 0 Å². The molecule has 19 nitrogen and oxygen atoms in total. The number of tetrazole rings is 2. The summed E-state index contributed by atoms with van der Waals surface area (Å²) in [6.07, 6.45) is 1.64. The Labute approximate surface area is 400 Å². The van der Waals surface area contributed by atoms with Crippen molar-refractivity contribution >= 4 is 47.2 Å². The SMILES string of the molecule is CN[C@@H](C)C(=O)N[C@H](C(=O)N1CCC[C@H]1Cn1nnnc1Sc1ccccc1)C(C)OCC#CC#CCO[C@H](C)[C@H](NC(=O)C(C)C)C(=O)N1CCCC1Cn1nnnc1Sc1ccccc1. The standard InChI is InChI=1S/C46H59N13O6S2/c1-31(2)41(60)48-39(43(62)56-25-17-19-35(56)29-58-45(50-52-54-58)66-37-21-11-9-12-22-37)33(4)64-27-15-7-8-16-28-65-34(5)40(49-42(61)32(3)47-6)44(63)57-26-18-20-36(57)30-59-46(51-53-55-59)67-38-23-13-10-14-24-38/h9-14,21-24,31-36,39-40,47H,17-20,25-30H2,1-6H3,(H,48,60)(H,49,61)/t32-,33+,34?,35?,36-,39-,40-/m0/s1. The maximum atomic E-state index is 14.2. The number of rotatable bonds is 21. The molecule has 4 amide bonds. The topological polar surface area (TPSA) is 217 Å². The molecule has 2 saturated heterocycles. The highest BCUT2D eigenvalue weighted by molar-refractivity contribution is 7.99. The predicted octanol–water partition coefficient (Wildman–Crippen LogP) is 2.69. The molecule has 21 heteroatoms. The number of nitrogens with one attached hydrogen (secondary N) is 3. The van der Waals surface area contributed by atoms with Gasteiger partial charge in [-0.15, -0.1) is 10.2 Å². The van der Waals surface area contributed by atoms with E-state index in [4.69, 9.17) is 9.47 Å². The van der Waals surface area contributed by atoms with Gasteiger partial charge in [0.1, 0.15) is 25.3 Å². The van der Waals surface area contributed by atoms with Gasteiger partial charge in [0.15, 0.2) is 0 Å². The van der Waals surface area contributed by atoms with Gasteiger partial charge in [-0.2, -0.15) is 0 Å². The van der Waals surface area contributed by atoms with Gasteiger partial charge in [-0.1, -0.05) is 62.1 Å². The van der Waals surface area contributed by atoms with E-state index in [-0.39, 0.29) is 54.8 Å². The van der Waals surface area contributed by atoms with Gasteiger partial charge in [0.05, 0.1) is 43.4 Å². The highest BCUT2D eigenvalue weighted by Gasteiger charge is 2.39. The molecule has 0 saturated carbocycles. The monoisotopic (exact) mass is 953 g/mol. The fraction of sp³-hybridized carbons (Fsp3) is 0.522. The van der Waals surface area contributed by atoms with Gasteiger partial charge in [0.2, 0.25) is 33.9 Å². The van der Waals surface area contributed by atoms with Gasteiger partial charge in [0.25, 0.3) is 0 Å². The van der Waals surface area contributed by atoms with Crippen molar-refractivity contribution < 1.29 is 28.7 Å². The van der Waals surface area contributed by atoms with Crippen LogP contribution in [-0.2, 0) is 41.7 Å². The summed E-state index contributed by atoms with van der Waals surface area (Å²) in [5.41, 5.74) is 0. The van der Waals surface area contributed by atoms with Gasteiger partial charge in [0, 0.05) is 28.8 Å². The number of likely N-dealkylation sites (tertiary alicyclic amines) is 2. The van der Waals surface area contributed by atoms with E-state index in [1.807, 2.05) is 60.7 Å². The predicted molar refractivity (Wildman–Crippen MR) is 250 cm³/mol. The first-order valence-corrected chi connectivity index (χ1v) is 24.1. The lowest BCUT2D eigenvalue weighted by atomic mass is 10.1. The highest BCUT2D eigenvalue weighted by Crippen LogP contribution is 2.29. The third kappa shape index (κ3) is 14.3. The van der Waals surface area contributed by atoms with Crippen LogP contribution in [0.2, 0.25) is 0 Å². The molecule has 356 valence electrons. The molecular formula is C46H59N13O6S2. The van der Waals surface area contributed by atoms with Crippen molar-refractivity contribution in [2.24, 2.45) is 5.92 Å². The molecule has 2 unspecified atom stereocenters. The fourth-order valence-electron chi connectivity index (χ4n) is 7.53. The number of amides is 4. The molecule has 0 radical (unpaired) electrons. The summed E-state index contributed by atoms with van der Waals surface area (Å²) in [6, 6.07) is 16.7. The molecule has 4 heterocycles. The second-order valence-electron chi connectivity index (χ2n) is 16.5. The van der Waals surface area contributed by atoms with Crippen LogP contribution in [0.1, 0.15) is 60.3 Å². The first-order valence-electron chi connectivity index (χ1n) is 22.5. The van der Waals surface area contributed by atoms with Crippen molar-refractivity contribution in [1.29, 1.82) is 0 Å². The summed E-state index contributed by atoms with van der Waals surface area (Å²) in [6.45, 7) is 10.4. The number of likely N-dealkylation sites (N-methyl/N-ethyl adjacent to an activating group) is 1. The Hall–Kier alpha value is -5.84. The van der Waals surface area contributed by atoms with Gasteiger partial charge in [-0.05, 0) is 134 Å². The van der Waals surface area contributed by atoms with Crippen molar-refractivity contribution in [2.45, 2.75) is 136 Å². The minimum atomic E-state index is -0.989. The van der Waals surface area contributed by atoms with Crippen molar-refractivity contribution in [3.05, 3.63) is 60.7 Å². The smallest absolute Gasteiger partial charge is 0.248 e. The van der Waals surface area contributed by atoms with Crippen molar-refractivity contribution in [1.82, 2.24) is 66.2 Å². The van der Waals surface area contributed by atoms with E-state index in [1.54, 1.807) is 60.8 Å². The molecule has 2 aliphatic heterocycles. The Balaban J connectivity index is 1.03. The summed E-state index contributed by atoms with van der Waals surface area (Å²) >= 11 is 2.89. The summed E-state index contributed by atoms with van der Waals surface area (Å²) in [5, 5.41) is 34.6. The van der Waals surface area contributed by atoms with Crippen LogP contribution in [0.25, 0.3) is 0 Å². The maximum absolute atomic E-state index is 14.2. The lowest BCUT2D eigenvalue weighted by Gasteiger charge is -2.32. The van der Waals surface area contributed by atoms with E-state index < -0.39 is 30.3 Å². The number of carbonyl (C=O) groups excluding carboxylic acids is 4. The van der Waals surface area contributed by atoms with Gasteiger partial charge < -0.3 is 35.2 Å². The van der Waals surface area contributed by atoms with E-state index in [0.29, 0.717) is 36.5 Å². The molecule has 0 spiro atoms. The lowest BCUT2D eigenvalue weighted by molar-refractivity contribution is -0.142.